The van der Waals surface area contributed by atoms with Crippen molar-refractivity contribution >= 4 is 39.9 Å². The molecule has 0 saturated heterocycles. The van der Waals surface area contributed by atoms with E-state index in [4.69, 9.17) is 11.6 Å². The topological polar surface area (TPSA) is 102 Å². The van der Waals surface area contributed by atoms with E-state index in [1.807, 2.05) is 6.07 Å². The van der Waals surface area contributed by atoms with Crippen LogP contribution in [0.2, 0.25) is 5.02 Å². The number of nitrogens with one attached hydrogen (secondary N) is 2. The van der Waals surface area contributed by atoms with E-state index < -0.39 is 5.66 Å². The Labute approximate surface area is 165 Å². The van der Waals surface area contributed by atoms with Crippen LogP contribution in [0.3, 0.4) is 0 Å². The number of carbonyl (C=O) groups excluding carboxylic acids is 1. The van der Waals surface area contributed by atoms with Crippen LogP contribution in [0.4, 0.5) is 11.5 Å². The number of pyridine rings is 2. The molecule has 0 aromatic carbocycles. The van der Waals surface area contributed by atoms with Gasteiger partial charge in [-0.3, -0.25) is 19.1 Å². The Morgan fingerprint density at radius 1 is 1.21 bits per heavy atom. The van der Waals surface area contributed by atoms with Crippen molar-refractivity contribution in [2.24, 2.45) is 0 Å². The molecule has 142 valence electrons. The maximum absolute atomic E-state index is 13.1. The summed E-state index contributed by atoms with van der Waals surface area (Å²) in [7, 11) is 0. The molecule has 0 unspecified atom stereocenters. The third-order valence-corrected chi connectivity index (χ3v) is 5.43. The first-order chi connectivity index (χ1) is 13.3. The first-order valence-corrected chi connectivity index (χ1v) is 9.39. The molecule has 4 heterocycles. The molecular formula is C19H17ClN6O2. The van der Waals surface area contributed by atoms with Gasteiger partial charge in [0.1, 0.15) is 29.2 Å². The van der Waals surface area contributed by atoms with Crippen LogP contribution in [0.5, 0.6) is 0 Å². The smallest absolute Gasteiger partial charge is 0.276 e. The molecule has 1 aliphatic heterocycles. The van der Waals surface area contributed by atoms with Crippen LogP contribution in [-0.2, 0) is 5.66 Å². The molecule has 0 spiro atoms. The fraction of sp³-hybridized carbons (Fsp3) is 0.316. The first kappa shape index (κ1) is 17.1. The average Bonchev–Trinajstić information content (AvgIpc) is 3.45. The lowest BCUT2D eigenvalue weighted by atomic mass is 10.2. The maximum atomic E-state index is 13.1. The van der Waals surface area contributed by atoms with Crippen molar-refractivity contribution in [1.29, 1.82) is 0 Å². The molecule has 0 atom stereocenters. The molecule has 1 saturated carbocycles. The van der Waals surface area contributed by atoms with Gasteiger partial charge in [-0.1, -0.05) is 11.6 Å². The van der Waals surface area contributed by atoms with Crippen LogP contribution in [0.1, 0.15) is 48.8 Å². The highest BCUT2D eigenvalue weighted by Crippen LogP contribution is 2.39. The number of aromatic nitrogens is 4. The summed E-state index contributed by atoms with van der Waals surface area (Å²) in [5, 5.41) is 6.72. The van der Waals surface area contributed by atoms with Gasteiger partial charge in [0.2, 0.25) is 0 Å². The van der Waals surface area contributed by atoms with Gasteiger partial charge in [-0.2, -0.15) is 0 Å². The van der Waals surface area contributed by atoms with Crippen molar-refractivity contribution in [3.05, 3.63) is 51.4 Å². The minimum Gasteiger partial charge on any atom is -0.335 e. The van der Waals surface area contributed by atoms with Gasteiger partial charge in [-0.25, -0.2) is 9.97 Å². The number of nitrogens with zero attached hydrogens (tertiary/aromatic N) is 4. The molecule has 5 rings (SSSR count). The van der Waals surface area contributed by atoms with Crippen LogP contribution >= 0.6 is 11.6 Å². The zero-order valence-corrected chi connectivity index (χ0v) is 16.0. The van der Waals surface area contributed by atoms with Gasteiger partial charge in [-0.15, -0.1) is 0 Å². The highest BCUT2D eigenvalue weighted by atomic mass is 35.5. The predicted molar refractivity (Wildman–Crippen MR) is 105 cm³/mol. The number of carbonyl (C=O) groups is 1. The SMILES string of the molecule is CC1(C)NC(=O)c2c(Cl)cc(Nc3ncnc4cc(C5CC5)ncc34)c(=O)n21. The summed E-state index contributed by atoms with van der Waals surface area (Å²) >= 11 is 6.31. The standard InChI is InChI=1S/C19H17ClN6O2/c1-19(2)25-17(27)15-11(20)5-14(18(28)26(15)19)24-16-10-7-21-12(9-3-4-9)6-13(10)22-8-23-16/h5-9H,3-4H2,1-2H3,(H,25,27)(H,22,23,24). The van der Waals surface area contributed by atoms with E-state index in [1.54, 1.807) is 20.0 Å². The molecule has 0 bridgehead atoms. The van der Waals surface area contributed by atoms with Gasteiger partial charge in [-0.05, 0) is 38.8 Å². The number of amides is 1. The minimum atomic E-state index is -0.876. The molecule has 1 amide bonds. The second kappa shape index (κ2) is 5.75. The van der Waals surface area contributed by atoms with Crippen LogP contribution in [0.15, 0.2) is 29.5 Å². The lowest BCUT2D eigenvalue weighted by molar-refractivity contribution is 0.0935. The van der Waals surface area contributed by atoms with Crippen LogP contribution in [0, 0.1) is 0 Å². The summed E-state index contributed by atoms with van der Waals surface area (Å²) in [6.07, 6.45) is 5.49. The molecule has 9 heteroatoms. The van der Waals surface area contributed by atoms with E-state index in [0.29, 0.717) is 17.1 Å². The Morgan fingerprint density at radius 3 is 2.75 bits per heavy atom. The molecule has 2 aliphatic rings. The number of halogens is 1. The van der Waals surface area contributed by atoms with Crippen LogP contribution in [0.25, 0.3) is 10.9 Å². The van der Waals surface area contributed by atoms with E-state index in [0.717, 1.165) is 24.1 Å². The van der Waals surface area contributed by atoms with Gasteiger partial charge in [0.25, 0.3) is 11.5 Å². The number of fused-ring (bicyclic) bond motifs is 2. The third-order valence-electron chi connectivity index (χ3n) is 5.14. The Morgan fingerprint density at radius 2 is 2.00 bits per heavy atom. The summed E-state index contributed by atoms with van der Waals surface area (Å²) < 4.78 is 1.37. The Hall–Kier alpha value is -3.00. The second-order valence-corrected chi connectivity index (χ2v) is 8.06. The molecule has 3 aromatic heterocycles. The molecule has 0 radical (unpaired) electrons. The number of rotatable bonds is 3. The molecule has 1 fully saturated rings. The zero-order valence-electron chi connectivity index (χ0n) is 15.3. The molecule has 1 aliphatic carbocycles. The van der Waals surface area contributed by atoms with E-state index >= 15 is 0 Å². The fourth-order valence-electron chi connectivity index (χ4n) is 3.61. The third kappa shape index (κ3) is 2.56. The van der Waals surface area contributed by atoms with Crippen molar-refractivity contribution in [1.82, 2.24) is 24.8 Å². The summed E-state index contributed by atoms with van der Waals surface area (Å²) in [5.41, 5.74) is 0.939. The maximum Gasteiger partial charge on any atom is 0.276 e. The Bertz CT molecular complexity index is 1220. The monoisotopic (exact) mass is 396 g/mol. The van der Waals surface area contributed by atoms with Crippen molar-refractivity contribution < 1.29 is 4.79 Å². The Balaban J connectivity index is 1.62. The van der Waals surface area contributed by atoms with E-state index in [-0.39, 0.29) is 27.9 Å². The minimum absolute atomic E-state index is 0.158. The predicted octanol–water partition coefficient (Wildman–Crippen LogP) is 2.90. The second-order valence-electron chi connectivity index (χ2n) is 7.66. The molecule has 8 nitrogen and oxygen atoms in total. The summed E-state index contributed by atoms with van der Waals surface area (Å²) in [6.45, 7) is 3.48. The lowest BCUT2D eigenvalue weighted by Crippen LogP contribution is -2.42. The summed E-state index contributed by atoms with van der Waals surface area (Å²) in [4.78, 5) is 38.4. The molecule has 2 N–H and O–H groups in total. The highest BCUT2D eigenvalue weighted by Gasteiger charge is 2.38. The van der Waals surface area contributed by atoms with E-state index in [1.165, 1.54) is 17.0 Å². The normalized spacial score (nSPS) is 17.5. The van der Waals surface area contributed by atoms with Gasteiger partial charge in [0.15, 0.2) is 0 Å². The van der Waals surface area contributed by atoms with Crippen molar-refractivity contribution in [2.45, 2.75) is 38.3 Å². The number of hydrogen-bond donors (Lipinski definition) is 2. The van der Waals surface area contributed by atoms with Crippen LogP contribution in [-0.4, -0.2) is 25.4 Å². The molecular weight excluding hydrogens is 380 g/mol. The van der Waals surface area contributed by atoms with Crippen molar-refractivity contribution in [3.8, 4) is 0 Å². The lowest BCUT2D eigenvalue weighted by Gasteiger charge is -2.22. The Kier molecular flexibility index (Phi) is 3.51. The zero-order chi connectivity index (χ0) is 19.6. The number of anilines is 2. The average molecular weight is 397 g/mol. The van der Waals surface area contributed by atoms with Crippen molar-refractivity contribution in [2.75, 3.05) is 5.32 Å². The quantitative estimate of drug-likeness (QED) is 0.705. The largest absolute Gasteiger partial charge is 0.335 e. The van der Waals surface area contributed by atoms with Gasteiger partial charge >= 0.3 is 0 Å². The fourth-order valence-corrected chi connectivity index (χ4v) is 3.89. The van der Waals surface area contributed by atoms with Crippen molar-refractivity contribution in [3.63, 3.8) is 0 Å². The molecule has 3 aromatic rings. The van der Waals surface area contributed by atoms with E-state index in [9.17, 15) is 9.59 Å². The number of hydrogen-bond acceptors (Lipinski definition) is 6. The van der Waals surface area contributed by atoms with Gasteiger partial charge in [0.05, 0.1) is 15.9 Å². The van der Waals surface area contributed by atoms with Gasteiger partial charge in [0, 0.05) is 17.8 Å². The van der Waals surface area contributed by atoms with Gasteiger partial charge < -0.3 is 10.6 Å². The first-order valence-electron chi connectivity index (χ1n) is 9.01. The van der Waals surface area contributed by atoms with E-state index in [2.05, 4.69) is 25.6 Å². The summed E-state index contributed by atoms with van der Waals surface area (Å²) in [5.74, 6) is 0.606. The van der Waals surface area contributed by atoms with Crippen LogP contribution < -0.4 is 16.2 Å². The molecule has 28 heavy (non-hydrogen) atoms. The summed E-state index contributed by atoms with van der Waals surface area (Å²) in [6, 6.07) is 3.42. The highest BCUT2D eigenvalue weighted by molar-refractivity contribution is 6.34.